The van der Waals surface area contributed by atoms with Crippen molar-refractivity contribution in [3.05, 3.63) is 22.4 Å². The lowest BCUT2D eigenvalue weighted by Gasteiger charge is -2.17. The summed E-state index contributed by atoms with van der Waals surface area (Å²) in [7, 11) is 0. The van der Waals surface area contributed by atoms with Crippen LogP contribution in [0.1, 0.15) is 38.6 Å². The highest BCUT2D eigenvalue weighted by Gasteiger charge is 2.10. The Kier molecular flexibility index (Phi) is 12.8. The number of aliphatic hydroxyl groups is 1. The summed E-state index contributed by atoms with van der Waals surface area (Å²) in [5, 5.41) is 18.5. The van der Waals surface area contributed by atoms with Crippen molar-refractivity contribution >= 4 is 41.3 Å². The lowest BCUT2D eigenvalue weighted by molar-refractivity contribution is 0.0301. The molecule has 1 aromatic rings. The Hall–Kier alpha value is -0.380. The van der Waals surface area contributed by atoms with Gasteiger partial charge in [0.05, 0.1) is 25.3 Å². The van der Waals surface area contributed by atoms with Crippen molar-refractivity contribution in [1.82, 2.24) is 10.6 Å². The van der Waals surface area contributed by atoms with E-state index in [0.29, 0.717) is 31.6 Å². The average molecular weight is 455 g/mol. The van der Waals surface area contributed by atoms with Crippen molar-refractivity contribution in [2.45, 2.75) is 39.8 Å². The van der Waals surface area contributed by atoms with Crippen LogP contribution in [-0.4, -0.2) is 43.5 Å². The van der Waals surface area contributed by atoms with E-state index in [2.05, 4.69) is 47.8 Å². The summed E-state index contributed by atoms with van der Waals surface area (Å²) in [5.41, 5.74) is 0. The van der Waals surface area contributed by atoms with Gasteiger partial charge in [0.2, 0.25) is 0 Å². The molecule has 0 fully saturated rings. The maximum Gasteiger partial charge on any atom is 0.191 e. The summed E-state index contributed by atoms with van der Waals surface area (Å²) >= 11 is 1.71. The summed E-state index contributed by atoms with van der Waals surface area (Å²) in [6.07, 6.45) is -0.578. The fraction of sp³-hybridized carbons (Fsp3) is 0.688. The zero-order valence-corrected chi connectivity index (χ0v) is 17.6. The molecule has 7 heteroatoms. The molecule has 0 aliphatic rings. The Morgan fingerprint density at radius 2 is 2.09 bits per heavy atom. The number of aliphatic imine (C=N–C) groups is 1. The highest BCUT2D eigenvalue weighted by Crippen LogP contribution is 2.17. The van der Waals surface area contributed by atoms with E-state index in [0.717, 1.165) is 6.54 Å². The smallest absolute Gasteiger partial charge is 0.191 e. The van der Waals surface area contributed by atoms with E-state index in [4.69, 9.17) is 4.74 Å². The minimum atomic E-state index is -0.578. The first kappa shape index (κ1) is 22.6. The molecule has 0 aliphatic carbocycles. The van der Waals surface area contributed by atoms with Gasteiger partial charge in [0.1, 0.15) is 0 Å². The Balaban J connectivity index is 0.00000484. The minimum absolute atomic E-state index is 0. The number of guanidine groups is 1. The van der Waals surface area contributed by atoms with Gasteiger partial charge in [-0.25, -0.2) is 0 Å². The molecular formula is C16H30IN3O2S. The molecule has 1 rings (SSSR count). The van der Waals surface area contributed by atoms with Crippen molar-refractivity contribution in [3.63, 3.8) is 0 Å². The van der Waals surface area contributed by atoms with Crippen LogP contribution in [0, 0.1) is 5.92 Å². The van der Waals surface area contributed by atoms with Crippen LogP contribution in [0.25, 0.3) is 0 Å². The molecule has 0 radical (unpaired) electrons. The van der Waals surface area contributed by atoms with E-state index in [-0.39, 0.29) is 30.0 Å². The van der Waals surface area contributed by atoms with E-state index >= 15 is 0 Å². The summed E-state index contributed by atoms with van der Waals surface area (Å²) in [6, 6.07) is 4.32. The number of ether oxygens (including phenoxy) is 1. The first-order valence-corrected chi connectivity index (χ1v) is 8.75. The van der Waals surface area contributed by atoms with E-state index in [9.17, 15) is 5.11 Å². The molecule has 0 amide bonds. The van der Waals surface area contributed by atoms with Gasteiger partial charge in [0.25, 0.3) is 0 Å². The van der Waals surface area contributed by atoms with Crippen LogP contribution in [0.15, 0.2) is 22.5 Å². The van der Waals surface area contributed by atoms with Gasteiger partial charge in [0.15, 0.2) is 5.96 Å². The zero-order chi connectivity index (χ0) is 16.4. The molecule has 0 aliphatic heterocycles. The van der Waals surface area contributed by atoms with Gasteiger partial charge < -0.3 is 20.5 Å². The van der Waals surface area contributed by atoms with E-state index in [1.54, 1.807) is 11.3 Å². The summed E-state index contributed by atoms with van der Waals surface area (Å²) in [5.74, 6) is 1.19. The zero-order valence-electron chi connectivity index (χ0n) is 14.4. The predicted molar refractivity (Wildman–Crippen MR) is 109 cm³/mol. The minimum Gasteiger partial charge on any atom is -0.389 e. The Labute approximate surface area is 160 Å². The molecule has 23 heavy (non-hydrogen) atoms. The normalized spacial score (nSPS) is 14.3. The van der Waals surface area contributed by atoms with Crippen molar-refractivity contribution in [2.75, 3.05) is 26.3 Å². The van der Waals surface area contributed by atoms with Crippen LogP contribution in [0.2, 0.25) is 0 Å². The second-order valence-corrected chi connectivity index (χ2v) is 6.67. The molecule has 1 aromatic heterocycles. The van der Waals surface area contributed by atoms with Crippen molar-refractivity contribution < 1.29 is 9.84 Å². The van der Waals surface area contributed by atoms with Crippen molar-refractivity contribution in [1.29, 1.82) is 0 Å². The molecule has 5 nitrogen and oxygen atoms in total. The highest BCUT2D eigenvalue weighted by atomic mass is 127. The largest absolute Gasteiger partial charge is 0.389 e. The van der Waals surface area contributed by atoms with Gasteiger partial charge in [-0.15, -0.1) is 35.3 Å². The van der Waals surface area contributed by atoms with Crippen LogP contribution in [0.5, 0.6) is 0 Å². The number of hydrogen-bond acceptors (Lipinski definition) is 4. The Bertz CT molecular complexity index is 427. The standard InChI is InChI=1S/C16H29N3O2S.HI/c1-5-17-16(19-13(4)15-7-6-8-22-15)18-9-14(20)11-21-10-12(2)3;/h6-8,12-14,20H,5,9-11H2,1-4H3,(H2,17,18,19);1H. The summed E-state index contributed by atoms with van der Waals surface area (Å²) in [6.45, 7) is 10.4. The van der Waals surface area contributed by atoms with Gasteiger partial charge in [-0.3, -0.25) is 4.99 Å². The van der Waals surface area contributed by atoms with Gasteiger partial charge in [-0.1, -0.05) is 19.9 Å². The van der Waals surface area contributed by atoms with Crippen LogP contribution in [0.4, 0.5) is 0 Å². The maximum absolute atomic E-state index is 9.91. The fourth-order valence-corrected chi connectivity index (χ4v) is 2.56. The molecule has 3 N–H and O–H groups in total. The van der Waals surface area contributed by atoms with Crippen LogP contribution in [-0.2, 0) is 4.74 Å². The number of nitrogens with zero attached hydrogens (tertiary/aromatic N) is 1. The Morgan fingerprint density at radius 1 is 1.35 bits per heavy atom. The van der Waals surface area contributed by atoms with E-state index in [1.807, 2.05) is 13.0 Å². The lowest BCUT2D eigenvalue weighted by Crippen LogP contribution is -2.39. The number of halogens is 1. The number of rotatable bonds is 9. The number of hydrogen-bond donors (Lipinski definition) is 3. The second kappa shape index (κ2) is 13.0. The van der Waals surface area contributed by atoms with Crippen molar-refractivity contribution in [2.24, 2.45) is 10.9 Å². The molecule has 0 saturated heterocycles. The third-order valence-electron chi connectivity index (χ3n) is 2.89. The van der Waals surface area contributed by atoms with E-state index < -0.39 is 6.10 Å². The predicted octanol–water partition coefficient (Wildman–Crippen LogP) is 3.02. The lowest BCUT2D eigenvalue weighted by atomic mass is 10.2. The van der Waals surface area contributed by atoms with Gasteiger partial charge in [0, 0.05) is 18.0 Å². The maximum atomic E-state index is 9.91. The van der Waals surface area contributed by atoms with Gasteiger partial charge in [-0.2, -0.15) is 0 Å². The van der Waals surface area contributed by atoms with Crippen LogP contribution >= 0.6 is 35.3 Å². The summed E-state index contributed by atoms with van der Waals surface area (Å²) in [4.78, 5) is 5.69. The molecule has 0 bridgehead atoms. The first-order chi connectivity index (χ1) is 10.5. The number of nitrogens with one attached hydrogen (secondary N) is 2. The molecule has 0 spiro atoms. The average Bonchev–Trinajstić information content (AvgIpc) is 2.98. The second-order valence-electron chi connectivity index (χ2n) is 5.69. The fourth-order valence-electron chi connectivity index (χ4n) is 1.82. The molecule has 1 heterocycles. The van der Waals surface area contributed by atoms with Gasteiger partial charge >= 0.3 is 0 Å². The monoisotopic (exact) mass is 455 g/mol. The molecule has 2 atom stereocenters. The highest BCUT2D eigenvalue weighted by molar-refractivity contribution is 14.0. The first-order valence-electron chi connectivity index (χ1n) is 7.87. The van der Waals surface area contributed by atoms with Crippen LogP contribution < -0.4 is 10.6 Å². The summed E-state index contributed by atoms with van der Waals surface area (Å²) < 4.78 is 5.43. The molecular weight excluding hydrogens is 425 g/mol. The molecule has 0 saturated carbocycles. The molecule has 2 unspecified atom stereocenters. The number of aliphatic hydroxyl groups excluding tert-OH is 1. The molecule has 0 aromatic carbocycles. The SMILES string of the molecule is CCNC(=NCC(O)COCC(C)C)NC(C)c1cccs1.I. The third-order valence-corrected chi connectivity index (χ3v) is 3.94. The van der Waals surface area contributed by atoms with Gasteiger partial charge in [-0.05, 0) is 31.2 Å². The topological polar surface area (TPSA) is 65.9 Å². The van der Waals surface area contributed by atoms with Crippen LogP contribution in [0.3, 0.4) is 0 Å². The Morgan fingerprint density at radius 3 is 2.65 bits per heavy atom. The third kappa shape index (κ3) is 10.2. The van der Waals surface area contributed by atoms with Crippen molar-refractivity contribution in [3.8, 4) is 0 Å². The number of thiophene rings is 1. The van der Waals surface area contributed by atoms with E-state index in [1.165, 1.54) is 4.88 Å². The quantitative estimate of drug-likeness (QED) is 0.304. The molecule has 134 valence electrons.